The number of alkyl halides is 3. The zero-order valence-corrected chi connectivity index (χ0v) is 12.5. The molecule has 0 spiro atoms. The third-order valence-electron chi connectivity index (χ3n) is 3.25. The first kappa shape index (κ1) is 16.4. The molecule has 1 aromatic heterocycles. The van der Waals surface area contributed by atoms with E-state index in [0.29, 0.717) is 18.8 Å². The predicted octanol–water partition coefficient (Wildman–Crippen LogP) is 3.39. The van der Waals surface area contributed by atoms with Gasteiger partial charge >= 0.3 is 6.18 Å². The Labute approximate surface area is 127 Å². The van der Waals surface area contributed by atoms with Gasteiger partial charge in [-0.15, -0.1) is 0 Å². The fraction of sp³-hybridized carbons (Fsp3) is 0.400. The molecule has 0 unspecified atom stereocenters. The molecule has 0 saturated carbocycles. The highest BCUT2D eigenvalue weighted by Gasteiger charge is 2.30. The van der Waals surface area contributed by atoms with Gasteiger partial charge in [0.05, 0.1) is 28.8 Å². The Bertz CT molecular complexity index is 615. The molecule has 0 fully saturated rings. The van der Waals surface area contributed by atoms with E-state index >= 15 is 0 Å². The average molecular weight is 312 g/mol. The maximum absolute atomic E-state index is 12.6. The van der Waals surface area contributed by atoms with E-state index in [1.807, 2.05) is 13.8 Å². The molecule has 7 heteroatoms. The summed E-state index contributed by atoms with van der Waals surface area (Å²) >= 11 is 0. The summed E-state index contributed by atoms with van der Waals surface area (Å²) in [6.07, 6.45) is -2.67. The van der Waals surface area contributed by atoms with Crippen LogP contribution in [0.25, 0.3) is 5.69 Å². The van der Waals surface area contributed by atoms with Gasteiger partial charge in [0.25, 0.3) is 0 Å². The second kappa shape index (κ2) is 6.39. The normalized spacial score (nSPS) is 12.0. The van der Waals surface area contributed by atoms with Crippen molar-refractivity contribution < 1.29 is 13.2 Å². The average Bonchev–Trinajstić information content (AvgIpc) is 2.88. The monoisotopic (exact) mass is 312 g/mol. The summed E-state index contributed by atoms with van der Waals surface area (Å²) in [5.74, 6) is 0.157. The van der Waals surface area contributed by atoms with Crippen LogP contribution in [0.3, 0.4) is 0 Å². The fourth-order valence-electron chi connectivity index (χ4n) is 2.25. The molecule has 0 aliphatic carbocycles. The van der Waals surface area contributed by atoms with Crippen molar-refractivity contribution in [1.29, 1.82) is 0 Å². The molecular weight excluding hydrogens is 293 g/mol. The number of rotatable bonds is 5. The third kappa shape index (κ3) is 3.41. The lowest BCUT2D eigenvalue weighted by Gasteiger charge is -2.14. The molecule has 0 saturated heterocycles. The van der Waals surface area contributed by atoms with Gasteiger partial charge < -0.3 is 11.1 Å². The number of anilines is 1. The lowest BCUT2D eigenvalue weighted by molar-refractivity contribution is -0.137. The lowest BCUT2D eigenvalue weighted by Crippen LogP contribution is -2.14. The number of hydrogen-bond donors (Lipinski definition) is 2. The Hall–Kier alpha value is -2.02. The SMILES string of the molecule is CC(C)c1c(NCCN)cnn1-c1ccc(C(F)(F)F)cc1. The van der Waals surface area contributed by atoms with Crippen molar-refractivity contribution in [1.82, 2.24) is 9.78 Å². The van der Waals surface area contributed by atoms with Crippen LogP contribution in [-0.4, -0.2) is 22.9 Å². The molecule has 2 aromatic rings. The summed E-state index contributed by atoms with van der Waals surface area (Å²) in [5, 5.41) is 7.47. The zero-order valence-electron chi connectivity index (χ0n) is 12.5. The Kier molecular flexibility index (Phi) is 4.75. The quantitative estimate of drug-likeness (QED) is 0.890. The van der Waals surface area contributed by atoms with E-state index in [2.05, 4.69) is 10.4 Å². The molecule has 0 aliphatic rings. The smallest absolute Gasteiger partial charge is 0.381 e. The van der Waals surface area contributed by atoms with E-state index in [1.54, 1.807) is 10.9 Å². The van der Waals surface area contributed by atoms with E-state index in [1.165, 1.54) is 12.1 Å². The molecule has 22 heavy (non-hydrogen) atoms. The van der Waals surface area contributed by atoms with Gasteiger partial charge in [-0.05, 0) is 30.2 Å². The van der Waals surface area contributed by atoms with Crippen molar-refractivity contribution in [3.8, 4) is 5.69 Å². The highest BCUT2D eigenvalue weighted by molar-refractivity contribution is 5.52. The van der Waals surface area contributed by atoms with E-state index < -0.39 is 11.7 Å². The summed E-state index contributed by atoms with van der Waals surface area (Å²) in [7, 11) is 0. The molecule has 3 N–H and O–H groups in total. The van der Waals surface area contributed by atoms with Gasteiger partial charge in [-0.1, -0.05) is 13.8 Å². The van der Waals surface area contributed by atoms with Crippen LogP contribution < -0.4 is 11.1 Å². The van der Waals surface area contributed by atoms with E-state index in [9.17, 15) is 13.2 Å². The van der Waals surface area contributed by atoms with Crippen LogP contribution in [0.2, 0.25) is 0 Å². The van der Waals surface area contributed by atoms with E-state index in [-0.39, 0.29) is 5.92 Å². The van der Waals surface area contributed by atoms with Crippen molar-refractivity contribution in [2.24, 2.45) is 5.73 Å². The van der Waals surface area contributed by atoms with Crippen LogP contribution in [0.5, 0.6) is 0 Å². The molecule has 2 rings (SSSR count). The number of aromatic nitrogens is 2. The summed E-state index contributed by atoms with van der Waals surface area (Å²) in [6, 6.07) is 4.98. The number of nitrogens with two attached hydrogens (primary N) is 1. The first-order chi connectivity index (χ1) is 10.3. The van der Waals surface area contributed by atoms with Gasteiger partial charge in [-0.3, -0.25) is 0 Å². The van der Waals surface area contributed by atoms with E-state index in [0.717, 1.165) is 23.5 Å². The van der Waals surface area contributed by atoms with Crippen molar-refractivity contribution in [2.75, 3.05) is 18.4 Å². The van der Waals surface area contributed by atoms with Crippen molar-refractivity contribution in [3.63, 3.8) is 0 Å². The second-order valence-electron chi connectivity index (χ2n) is 5.27. The van der Waals surface area contributed by atoms with Gasteiger partial charge in [0.15, 0.2) is 0 Å². The molecule has 1 aromatic carbocycles. The maximum atomic E-state index is 12.6. The predicted molar refractivity (Wildman–Crippen MR) is 80.2 cm³/mol. The van der Waals surface area contributed by atoms with Crippen LogP contribution >= 0.6 is 0 Å². The van der Waals surface area contributed by atoms with Crippen molar-refractivity contribution in [3.05, 3.63) is 41.7 Å². The third-order valence-corrected chi connectivity index (χ3v) is 3.25. The first-order valence-electron chi connectivity index (χ1n) is 7.04. The first-order valence-corrected chi connectivity index (χ1v) is 7.04. The molecule has 4 nitrogen and oxygen atoms in total. The summed E-state index contributed by atoms with van der Waals surface area (Å²) in [4.78, 5) is 0. The van der Waals surface area contributed by atoms with Crippen molar-refractivity contribution >= 4 is 5.69 Å². The van der Waals surface area contributed by atoms with Crippen LogP contribution in [-0.2, 0) is 6.18 Å². The number of halogens is 3. The fourth-order valence-corrected chi connectivity index (χ4v) is 2.25. The van der Waals surface area contributed by atoms with E-state index in [4.69, 9.17) is 5.73 Å². The Morgan fingerprint density at radius 3 is 2.36 bits per heavy atom. The minimum Gasteiger partial charge on any atom is -0.381 e. The van der Waals surface area contributed by atoms with Crippen LogP contribution in [0.15, 0.2) is 30.5 Å². The van der Waals surface area contributed by atoms with Gasteiger partial charge in [0.1, 0.15) is 0 Å². The Morgan fingerprint density at radius 1 is 1.23 bits per heavy atom. The Balaban J connectivity index is 2.38. The molecule has 0 radical (unpaired) electrons. The number of nitrogens with zero attached hydrogens (tertiary/aromatic N) is 2. The molecular formula is C15H19F3N4. The number of nitrogens with one attached hydrogen (secondary N) is 1. The van der Waals surface area contributed by atoms with Crippen molar-refractivity contribution in [2.45, 2.75) is 25.9 Å². The van der Waals surface area contributed by atoms with Gasteiger partial charge in [-0.2, -0.15) is 18.3 Å². The molecule has 0 amide bonds. The maximum Gasteiger partial charge on any atom is 0.416 e. The highest BCUT2D eigenvalue weighted by Crippen LogP contribution is 2.31. The van der Waals surface area contributed by atoms with Crippen LogP contribution in [0, 0.1) is 0 Å². The van der Waals surface area contributed by atoms with Crippen LogP contribution in [0.1, 0.15) is 31.0 Å². The second-order valence-corrected chi connectivity index (χ2v) is 5.27. The molecule has 0 aliphatic heterocycles. The lowest BCUT2D eigenvalue weighted by atomic mass is 10.1. The van der Waals surface area contributed by atoms with Gasteiger partial charge in [0.2, 0.25) is 0 Å². The summed E-state index contributed by atoms with van der Waals surface area (Å²) < 4.78 is 39.5. The highest BCUT2D eigenvalue weighted by atomic mass is 19.4. The minimum atomic E-state index is -4.34. The zero-order chi connectivity index (χ0) is 16.3. The largest absolute Gasteiger partial charge is 0.416 e. The Morgan fingerprint density at radius 2 is 1.86 bits per heavy atom. The molecule has 0 atom stereocenters. The minimum absolute atomic E-state index is 0.157. The number of hydrogen-bond acceptors (Lipinski definition) is 3. The molecule has 0 bridgehead atoms. The van der Waals surface area contributed by atoms with Gasteiger partial charge in [-0.25, -0.2) is 4.68 Å². The molecule has 120 valence electrons. The topological polar surface area (TPSA) is 55.9 Å². The van der Waals surface area contributed by atoms with Crippen LogP contribution in [0.4, 0.5) is 18.9 Å². The molecule has 1 heterocycles. The standard InChI is InChI=1S/C15H19F3N4/c1-10(2)14-13(20-8-7-19)9-21-22(14)12-5-3-11(4-6-12)15(16,17)18/h3-6,9-10,20H,7-8,19H2,1-2H3. The van der Waals surface area contributed by atoms with Gasteiger partial charge in [0, 0.05) is 13.1 Å². The number of benzene rings is 1. The summed E-state index contributed by atoms with van der Waals surface area (Å²) in [5.41, 5.74) is 7.16. The summed E-state index contributed by atoms with van der Waals surface area (Å²) in [6.45, 7) is 5.11.